The number of rotatable bonds is 8. The second-order valence-corrected chi connectivity index (χ2v) is 6.73. The van der Waals surface area contributed by atoms with E-state index in [0.717, 1.165) is 12.8 Å². The zero-order valence-electron chi connectivity index (χ0n) is 15.8. The normalized spacial score (nSPS) is 14.9. The number of ether oxygens (including phenoxy) is 1. The van der Waals surface area contributed by atoms with Crippen molar-refractivity contribution < 1.29 is 19.1 Å². The summed E-state index contributed by atoms with van der Waals surface area (Å²) >= 11 is 0. The van der Waals surface area contributed by atoms with Gasteiger partial charge in [0.25, 0.3) is 0 Å². The van der Waals surface area contributed by atoms with E-state index < -0.39 is 12.0 Å². The third-order valence-electron chi connectivity index (χ3n) is 4.79. The van der Waals surface area contributed by atoms with Gasteiger partial charge in [-0.25, -0.2) is 4.79 Å². The van der Waals surface area contributed by atoms with Crippen LogP contribution >= 0.6 is 0 Å². The summed E-state index contributed by atoms with van der Waals surface area (Å²) in [5.74, 6) is -0.100. The Morgan fingerprint density at radius 1 is 1.24 bits per heavy atom. The molecule has 1 fully saturated rings. The van der Waals surface area contributed by atoms with Crippen LogP contribution in [0.3, 0.4) is 0 Å². The molecule has 0 spiro atoms. The molecule has 1 amide bonds. The number of carbonyl (C=O) groups is 3. The van der Waals surface area contributed by atoms with Gasteiger partial charge in [0.1, 0.15) is 5.69 Å². The van der Waals surface area contributed by atoms with Crippen LogP contribution in [-0.4, -0.2) is 46.7 Å². The molecule has 0 aromatic carbocycles. The zero-order valence-corrected chi connectivity index (χ0v) is 15.8. The van der Waals surface area contributed by atoms with Gasteiger partial charge in [0.2, 0.25) is 5.91 Å². The van der Waals surface area contributed by atoms with Crippen LogP contribution in [0.5, 0.6) is 0 Å². The first-order valence-electron chi connectivity index (χ1n) is 9.01. The van der Waals surface area contributed by atoms with Crippen molar-refractivity contribution in [3.63, 3.8) is 0 Å². The maximum Gasteiger partial charge on any atom is 0.355 e. The van der Waals surface area contributed by atoms with Crippen LogP contribution in [0.25, 0.3) is 0 Å². The molecule has 1 heterocycles. The number of carbonyl (C=O) groups excluding carboxylic acids is 3. The Morgan fingerprint density at radius 2 is 1.88 bits per heavy atom. The van der Waals surface area contributed by atoms with E-state index in [1.165, 1.54) is 0 Å². The second kappa shape index (κ2) is 7.85. The first-order chi connectivity index (χ1) is 11.8. The number of hydrogen-bond acceptors (Lipinski definition) is 4. The molecule has 0 bridgehead atoms. The minimum absolute atomic E-state index is 0.00999. The molecule has 138 valence electrons. The highest BCUT2D eigenvalue weighted by Crippen LogP contribution is 2.31. The standard InChI is InChI=1S/C19H28N2O4/c1-6-15(22)21(10-14-8-9-14)13(5)18(23)16-11(3)17(20-12(16)4)19(24)25-7-2/h13-14,20H,6-10H2,1-5H3/t13-/m0/s1. The van der Waals surface area contributed by atoms with E-state index in [1.807, 2.05) is 6.92 Å². The van der Waals surface area contributed by atoms with E-state index in [0.29, 0.717) is 41.4 Å². The first kappa shape index (κ1) is 19.2. The molecule has 1 N–H and O–H groups in total. The van der Waals surface area contributed by atoms with Crippen molar-refractivity contribution in [3.8, 4) is 0 Å². The Morgan fingerprint density at radius 3 is 2.40 bits per heavy atom. The fourth-order valence-corrected chi connectivity index (χ4v) is 3.14. The van der Waals surface area contributed by atoms with Crippen molar-refractivity contribution >= 4 is 17.7 Å². The SMILES string of the molecule is CCOC(=O)c1[nH]c(C)c(C(=O)[C@H](C)N(CC2CC2)C(=O)CC)c1C. The smallest absolute Gasteiger partial charge is 0.355 e. The van der Waals surface area contributed by atoms with Gasteiger partial charge >= 0.3 is 5.97 Å². The lowest BCUT2D eigenvalue weighted by molar-refractivity contribution is -0.132. The third-order valence-corrected chi connectivity index (χ3v) is 4.79. The molecule has 1 atom stereocenters. The fraction of sp³-hybridized carbons (Fsp3) is 0.632. The van der Waals surface area contributed by atoms with Gasteiger partial charge in [-0.15, -0.1) is 0 Å². The molecule has 2 rings (SSSR count). The molecule has 0 unspecified atom stereocenters. The average molecular weight is 348 g/mol. The molecule has 1 aliphatic carbocycles. The minimum atomic E-state index is -0.545. The second-order valence-electron chi connectivity index (χ2n) is 6.73. The van der Waals surface area contributed by atoms with E-state index in [2.05, 4.69) is 4.98 Å². The molecular formula is C19H28N2O4. The number of nitrogens with zero attached hydrogens (tertiary/aromatic N) is 1. The quantitative estimate of drug-likeness (QED) is 0.578. The number of ketones is 1. The summed E-state index contributed by atoms with van der Waals surface area (Å²) in [6, 6.07) is -0.545. The highest BCUT2D eigenvalue weighted by molar-refractivity contribution is 6.06. The molecule has 6 nitrogen and oxygen atoms in total. The van der Waals surface area contributed by atoms with Gasteiger partial charge in [-0.05, 0) is 52.0 Å². The number of H-pyrrole nitrogens is 1. The summed E-state index contributed by atoms with van der Waals surface area (Å²) in [6.45, 7) is 9.73. The number of aromatic amines is 1. The highest BCUT2D eigenvalue weighted by Gasteiger charge is 2.34. The van der Waals surface area contributed by atoms with Crippen molar-refractivity contribution in [3.05, 3.63) is 22.5 Å². The predicted molar refractivity (Wildman–Crippen MR) is 94.7 cm³/mol. The average Bonchev–Trinajstić information content (AvgIpc) is 3.35. The molecule has 6 heteroatoms. The summed E-state index contributed by atoms with van der Waals surface area (Å²) in [4.78, 5) is 42.1. The Balaban J connectivity index is 2.28. The monoisotopic (exact) mass is 348 g/mol. The van der Waals surface area contributed by atoms with Crippen molar-refractivity contribution in [2.24, 2.45) is 5.92 Å². The maximum atomic E-state index is 13.1. The molecule has 1 aromatic rings. The van der Waals surface area contributed by atoms with E-state index in [-0.39, 0.29) is 18.3 Å². The topological polar surface area (TPSA) is 79.5 Å². The fourth-order valence-electron chi connectivity index (χ4n) is 3.14. The zero-order chi connectivity index (χ0) is 18.7. The summed E-state index contributed by atoms with van der Waals surface area (Å²) in [5.41, 5.74) is 2.02. The summed E-state index contributed by atoms with van der Waals surface area (Å²) < 4.78 is 5.04. The van der Waals surface area contributed by atoms with Crippen molar-refractivity contribution in [2.75, 3.05) is 13.2 Å². The van der Waals surface area contributed by atoms with Crippen molar-refractivity contribution in [2.45, 2.75) is 59.9 Å². The molecule has 1 aromatic heterocycles. The molecule has 1 aliphatic rings. The number of Topliss-reactive ketones (excluding diaryl/α,β-unsaturated/α-hetero) is 1. The van der Waals surface area contributed by atoms with Gasteiger partial charge in [-0.3, -0.25) is 9.59 Å². The van der Waals surface area contributed by atoms with Crippen molar-refractivity contribution in [1.82, 2.24) is 9.88 Å². The van der Waals surface area contributed by atoms with Crippen molar-refractivity contribution in [1.29, 1.82) is 0 Å². The minimum Gasteiger partial charge on any atom is -0.461 e. The van der Waals surface area contributed by atoms with Crippen LogP contribution in [0, 0.1) is 19.8 Å². The molecule has 0 aliphatic heterocycles. The van der Waals surface area contributed by atoms with E-state index >= 15 is 0 Å². The molecule has 25 heavy (non-hydrogen) atoms. The van der Waals surface area contributed by atoms with Gasteiger partial charge in [0.05, 0.1) is 12.6 Å². The number of amides is 1. The summed E-state index contributed by atoms with van der Waals surface area (Å²) in [5, 5.41) is 0. The maximum absolute atomic E-state index is 13.1. The number of esters is 1. The number of aromatic nitrogens is 1. The van der Waals surface area contributed by atoms with Crippen LogP contribution in [0.2, 0.25) is 0 Å². The number of nitrogens with one attached hydrogen (secondary N) is 1. The van der Waals surface area contributed by atoms with Crippen LogP contribution in [0.4, 0.5) is 0 Å². The molecule has 0 saturated heterocycles. The van der Waals surface area contributed by atoms with Gasteiger partial charge in [0, 0.05) is 24.2 Å². The Labute approximate surface area is 148 Å². The van der Waals surface area contributed by atoms with Gasteiger partial charge < -0.3 is 14.6 Å². The van der Waals surface area contributed by atoms with Gasteiger partial charge in [-0.1, -0.05) is 6.92 Å². The van der Waals surface area contributed by atoms with Gasteiger partial charge in [0.15, 0.2) is 5.78 Å². The molecular weight excluding hydrogens is 320 g/mol. The largest absolute Gasteiger partial charge is 0.461 e. The number of aryl methyl sites for hydroxylation is 1. The summed E-state index contributed by atoms with van der Waals surface area (Å²) in [6.07, 6.45) is 2.61. The Kier molecular flexibility index (Phi) is 6.03. The lowest BCUT2D eigenvalue weighted by Gasteiger charge is -2.28. The van der Waals surface area contributed by atoms with E-state index in [9.17, 15) is 14.4 Å². The van der Waals surface area contributed by atoms with Gasteiger partial charge in [-0.2, -0.15) is 0 Å². The van der Waals surface area contributed by atoms with Crippen LogP contribution in [0.1, 0.15) is 72.1 Å². The lowest BCUT2D eigenvalue weighted by Crippen LogP contribution is -2.44. The summed E-state index contributed by atoms with van der Waals surface area (Å²) in [7, 11) is 0. The number of hydrogen-bond donors (Lipinski definition) is 1. The molecule has 0 radical (unpaired) electrons. The van der Waals surface area contributed by atoms with E-state index in [1.54, 1.807) is 32.6 Å². The Bertz CT molecular complexity index is 673. The predicted octanol–water partition coefficient (Wildman–Crippen LogP) is 3.03. The van der Waals surface area contributed by atoms with Crippen LogP contribution in [0.15, 0.2) is 0 Å². The van der Waals surface area contributed by atoms with E-state index in [4.69, 9.17) is 4.74 Å². The highest BCUT2D eigenvalue weighted by atomic mass is 16.5. The molecule has 1 saturated carbocycles. The van der Waals surface area contributed by atoms with Crippen LogP contribution < -0.4 is 0 Å². The Hall–Kier alpha value is -2.11. The third kappa shape index (κ3) is 4.11. The lowest BCUT2D eigenvalue weighted by atomic mass is 9.99. The first-order valence-corrected chi connectivity index (χ1v) is 9.01. The van der Waals surface area contributed by atoms with Crippen LogP contribution in [-0.2, 0) is 9.53 Å².